The quantitative estimate of drug-likeness (QED) is 0.505. The van der Waals surface area contributed by atoms with Gasteiger partial charge in [0.15, 0.2) is 0 Å². The first kappa shape index (κ1) is 22.0. The van der Waals surface area contributed by atoms with Crippen LogP contribution in [0.15, 0.2) is 42.5 Å². The summed E-state index contributed by atoms with van der Waals surface area (Å²) in [6.07, 6.45) is 2.70. The number of rotatable bonds is 9. The number of carbonyl (C=O) groups excluding carboxylic acids is 1. The Morgan fingerprint density at radius 2 is 1.93 bits per heavy atom. The van der Waals surface area contributed by atoms with Crippen molar-refractivity contribution >= 4 is 22.6 Å². The van der Waals surface area contributed by atoms with Crippen LogP contribution in [0.4, 0.5) is 5.69 Å². The highest BCUT2D eigenvalue weighted by atomic mass is 16.5. The molecule has 1 heterocycles. The van der Waals surface area contributed by atoms with E-state index in [1.165, 1.54) is 5.56 Å². The van der Waals surface area contributed by atoms with Crippen LogP contribution in [-0.2, 0) is 28.9 Å². The van der Waals surface area contributed by atoms with Crippen molar-refractivity contribution in [3.8, 4) is 0 Å². The summed E-state index contributed by atoms with van der Waals surface area (Å²) >= 11 is 0. The lowest BCUT2D eigenvalue weighted by Crippen LogP contribution is -2.44. The van der Waals surface area contributed by atoms with Crippen LogP contribution in [0, 0.1) is 6.92 Å². The summed E-state index contributed by atoms with van der Waals surface area (Å²) in [6.45, 7) is 9.14. The van der Waals surface area contributed by atoms with Crippen LogP contribution in [-0.4, -0.2) is 35.2 Å². The van der Waals surface area contributed by atoms with Crippen molar-refractivity contribution < 1.29 is 9.53 Å². The van der Waals surface area contributed by atoms with E-state index in [4.69, 9.17) is 9.72 Å². The van der Waals surface area contributed by atoms with Crippen molar-refractivity contribution in [2.24, 2.45) is 0 Å². The molecule has 0 aliphatic heterocycles. The van der Waals surface area contributed by atoms with E-state index in [9.17, 15) is 4.79 Å². The van der Waals surface area contributed by atoms with Crippen molar-refractivity contribution in [1.29, 1.82) is 0 Å². The standard InChI is InChI=1S/C25H33N3O2/c1-6-11-23-26-21-14-8-9-15-22(21)27(23)16-24(29)28(19(4)17-30-5)25-18(3)12-10-13-20(25)7-2/h8-10,12-15,19H,6-7,11,16-17H2,1-5H3. The Hall–Kier alpha value is -2.66. The highest BCUT2D eigenvalue weighted by Crippen LogP contribution is 2.29. The number of para-hydroxylation sites is 3. The second-order valence-corrected chi connectivity index (χ2v) is 7.86. The van der Waals surface area contributed by atoms with Crippen LogP contribution in [0.1, 0.15) is 44.1 Å². The molecule has 1 aromatic heterocycles. The summed E-state index contributed by atoms with van der Waals surface area (Å²) in [5, 5.41) is 0. The van der Waals surface area contributed by atoms with E-state index in [2.05, 4.69) is 43.5 Å². The second kappa shape index (κ2) is 9.90. The summed E-state index contributed by atoms with van der Waals surface area (Å²) in [5.74, 6) is 1.02. The van der Waals surface area contributed by atoms with E-state index in [0.29, 0.717) is 6.61 Å². The number of methoxy groups -OCH3 is 1. The van der Waals surface area contributed by atoms with Gasteiger partial charge < -0.3 is 14.2 Å². The van der Waals surface area contributed by atoms with Crippen molar-refractivity contribution in [2.75, 3.05) is 18.6 Å². The Balaban J connectivity index is 2.06. The van der Waals surface area contributed by atoms with Gasteiger partial charge >= 0.3 is 0 Å². The average molecular weight is 408 g/mol. The Morgan fingerprint density at radius 1 is 1.17 bits per heavy atom. The summed E-state index contributed by atoms with van der Waals surface area (Å²) in [6, 6.07) is 14.2. The number of aromatic nitrogens is 2. The molecule has 0 N–H and O–H groups in total. The van der Waals surface area contributed by atoms with Crippen molar-refractivity contribution in [1.82, 2.24) is 9.55 Å². The highest BCUT2D eigenvalue weighted by molar-refractivity contribution is 5.96. The maximum Gasteiger partial charge on any atom is 0.247 e. The van der Waals surface area contributed by atoms with Gasteiger partial charge in [-0.3, -0.25) is 4.79 Å². The van der Waals surface area contributed by atoms with Crippen LogP contribution in [0.2, 0.25) is 0 Å². The fourth-order valence-corrected chi connectivity index (χ4v) is 4.18. The molecule has 1 atom stereocenters. The lowest BCUT2D eigenvalue weighted by molar-refractivity contribution is -0.119. The molecule has 0 bridgehead atoms. The fraction of sp³-hybridized carbons (Fsp3) is 0.440. The molecule has 0 spiro atoms. The van der Waals surface area contributed by atoms with E-state index < -0.39 is 0 Å². The minimum Gasteiger partial charge on any atom is -0.383 e. The molecule has 3 aromatic rings. The van der Waals surface area contributed by atoms with E-state index in [0.717, 1.165) is 47.4 Å². The number of ether oxygens (including phenoxy) is 1. The van der Waals surface area contributed by atoms with Gasteiger partial charge in [-0.2, -0.15) is 0 Å². The molecule has 0 fully saturated rings. The molecule has 0 radical (unpaired) electrons. The first-order valence-corrected chi connectivity index (χ1v) is 10.8. The molecular formula is C25H33N3O2. The number of aryl methyl sites for hydroxylation is 3. The number of benzene rings is 2. The fourth-order valence-electron chi connectivity index (χ4n) is 4.18. The van der Waals surface area contributed by atoms with Gasteiger partial charge in [-0.1, -0.05) is 44.2 Å². The summed E-state index contributed by atoms with van der Waals surface area (Å²) < 4.78 is 7.51. The van der Waals surface area contributed by atoms with Crippen molar-refractivity contribution in [2.45, 2.75) is 59.5 Å². The monoisotopic (exact) mass is 407 g/mol. The lowest BCUT2D eigenvalue weighted by Gasteiger charge is -2.32. The first-order chi connectivity index (χ1) is 14.5. The predicted molar refractivity (Wildman–Crippen MR) is 123 cm³/mol. The molecule has 1 unspecified atom stereocenters. The van der Waals surface area contributed by atoms with Gasteiger partial charge in [-0.25, -0.2) is 4.98 Å². The minimum atomic E-state index is -0.0710. The van der Waals surface area contributed by atoms with E-state index >= 15 is 0 Å². The third-order valence-corrected chi connectivity index (χ3v) is 5.56. The summed E-state index contributed by atoms with van der Waals surface area (Å²) in [7, 11) is 1.68. The zero-order chi connectivity index (χ0) is 21.7. The molecule has 5 heteroatoms. The normalized spacial score (nSPS) is 12.3. The molecule has 5 nitrogen and oxygen atoms in total. The van der Waals surface area contributed by atoms with Crippen LogP contribution >= 0.6 is 0 Å². The Morgan fingerprint density at radius 3 is 2.63 bits per heavy atom. The van der Waals surface area contributed by atoms with Gasteiger partial charge in [-0.05, 0) is 49.9 Å². The van der Waals surface area contributed by atoms with E-state index in [-0.39, 0.29) is 18.5 Å². The molecule has 3 rings (SSSR count). The van der Waals surface area contributed by atoms with Crippen molar-refractivity contribution in [3.05, 3.63) is 59.4 Å². The van der Waals surface area contributed by atoms with Crippen LogP contribution in [0.25, 0.3) is 11.0 Å². The number of fused-ring (bicyclic) bond motifs is 1. The van der Waals surface area contributed by atoms with E-state index in [1.54, 1.807) is 7.11 Å². The number of amides is 1. The molecule has 2 aromatic carbocycles. The Kier molecular flexibility index (Phi) is 7.27. The van der Waals surface area contributed by atoms with Crippen molar-refractivity contribution in [3.63, 3.8) is 0 Å². The molecule has 0 saturated heterocycles. The number of nitrogens with zero attached hydrogens (tertiary/aromatic N) is 3. The Bertz CT molecular complexity index is 1010. The maximum absolute atomic E-state index is 13.8. The lowest BCUT2D eigenvalue weighted by atomic mass is 10.0. The molecule has 0 aliphatic rings. The summed E-state index contributed by atoms with van der Waals surface area (Å²) in [5.41, 5.74) is 5.24. The SMILES string of the molecule is CCCc1nc2ccccc2n1CC(=O)N(c1c(C)cccc1CC)C(C)COC. The minimum absolute atomic E-state index is 0.0593. The van der Waals surface area contributed by atoms with Gasteiger partial charge in [0.2, 0.25) is 5.91 Å². The van der Waals surface area contributed by atoms with Gasteiger partial charge in [-0.15, -0.1) is 0 Å². The smallest absolute Gasteiger partial charge is 0.247 e. The van der Waals surface area contributed by atoms with Crippen LogP contribution in [0.5, 0.6) is 0 Å². The zero-order valence-corrected chi connectivity index (χ0v) is 18.8. The van der Waals surface area contributed by atoms with Gasteiger partial charge in [0, 0.05) is 13.5 Å². The highest BCUT2D eigenvalue weighted by Gasteiger charge is 2.26. The number of carbonyl (C=O) groups is 1. The largest absolute Gasteiger partial charge is 0.383 e. The first-order valence-electron chi connectivity index (χ1n) is 10.8. The molecule has 0 saturated carbocycles. The number of hydrogen-bond donors (Lipinski definition) is 0. The number of hydrogen-bond acceptors (Lipinski definition) is 3. The van der Waals surface area contributed by atoms with Gasteiger partial charge in [0.25, 0.3) is 0 Å². The predicted octanol–water partition coefficient (Wildman–Crippen LogP) is 4.93. The molecule has 30 heavy (non-hydrogen) atoms. The second-order valence-electron chi connectivity index (χ2n) is 7.86. The third-order valence-electron chi connectivity index (χ3n) is 5.56. The Labute approximate surface area is 179 Å². The number of imidazole rings is 1. The molecule has 1 amide bonds. The topological polar surface area (TPSA) is 47.4 Å². The van der Waals surface area contributed by atoms with Crippen LogP contribution in [0.3, 0.4) is 0 Å². The molecule has 160 valence electrons. The van der Waals surface area contributed by atoms with Crippen LogP contribution < -0.4 is 4.90 Å². The van der Waals surface area contributed by atoms with Gasteiger partial charge in [0.1, 0.15) is 12.4 Å². The van der Waals surface area contributed by atoms with Gasteiger partial charge in [0.05, 0.1) is 29.4 Å². The number of anilines is 1. The zero-order valence-electron chi connectivity index (χ0n) is 18.8. The van der Waals surface area contributed by atoms with E-state index in [1.807, 2.05) is 36.1 Å². The third kappa shape index (κ3) is 4.41. The maximum atomic E-state index is 13.8. The average Bonchev–Trinajstić information content (AvgIpc) is 3.07. The molecular weight excluding hydrogens is 374 g/mol. The molecule has 0 aliphatic carbocycles. The summed E-state index contributed by atoms with van der Waals surface area (Å²) in [4.78, 5) is 20.5.